The van der Waals surface area contributed by atoms with Gasteiger partial charge in [0.15, 0.2) is 0 Å². The number of phenols is 1. The third-order valence-electron chi connectivity index (χ3n) is 5.96. The van der Waals surface area contributed by atoms with Crippen molar-refractivity contribution in [2.75, 3.05) is 6.54 Å². The predicted molar refractivity (Wildman–Crippen MR) is 132 cm³/mol. The number of hydrogen-bond acceptors (Lipinski definition) is 8. The molecule has 9 N–H and O–H groups in total. The molecular formula is C24H33N5O9. The Morgan fingerprint density at radius 2 is 1.50 bits per heavy atom. The van der Waals surface area contributed by atoms with Crippen LogP contribution in [0.2, 0.25) is 0 Å². The van der Waals surface area contributed by atoms with E-state index in [0.29, 0.717) is 18.5 Å². The molecule has 1 fully saturated rings. The van der Waals surface area contributed by atoms with Gasteiger partial charge in [0.05, 0.1) is 6.04 Å². The Kier molecular flexibility index (Phi) is 11.5. The predicted octanol–water partition coefficient (Wildman–Crippen LogP) is -1.64. The van der Waals surface area contributed by atoms with Gasteiger partial charge in [-0.3, -0.25) is 24.0 Å². The van der Waals surface area contributed by atoms with Gasteiger partial charge in [0.2, 0.25) is 23.6 Å². The van der Waals surface area contributed by atoms with Crippen molar-refractivity contribution in [3.63, 3.8) is 0 Å². The molecule has 1 aromatic rings. The number of phenolic OH excluding ortho intramolecular Hbond substituents is 1. The average molecular weight is 536 g/mol. The molecule has 1 aliphatic rings. The number of carbonyl (C=O) groups excluding carboxylic acids is 4. The third-order valence-corrected chi connectivity index (χ3v) is 5.96. The lowest BCUT2D eigenvalue weighted by molar-refractivity contribution is -0.142. The Morgan fingerprint density at radius 1 is 0.895 bits per heavy atom. The topological polar surface area (TPSA) is 237 Å². The monoisotopic (exact) mass is 535 g/mol. The maximum atomic E-state index is 13.2. The van der Waals surface area contributed by atoms with Crippen LogP contribution >= 0.6 is 0 Å². The quantitative estimate of drug-likeness (QED) is 0.127. The average Bonchev–Trinajstić information content (AvgIpc) is 3.39. The lowest BCUT2D eigenvalue weighted by atomic mass is 10.0. The Bertz CT molecular complexity index is 1020. The molecule has 0 radical (unpaired) electrons. The van der Waals surface area contributed by atoms with E-state index in [2.05, 4.69) is 21.3 Å². The van der Waals surface area contributed by atoms with Gasteiger partial charge in [-0.25, -0.2) is 4.79 Å². The van der Waals surface area contributed by atoms with Crippen LogP contribution in [0.25, 0.3) is 0 Å². The highest BCUT2D eigenvalue weighted by molar-refractivity contribution is 5.94. The molecule has 0 spiro atoms. The fraction of sp³-hybridized carbons (Fsp3) is 0.500. The van der Waals surface area contributed by atoms with Crippen molar-refractivity contribution in [2.45, 2.75) is 69.1 Å². The van der Waals surface area contributed by atoms with Gasteiger partial charge < -0.3 is 42.3 Å². The Labute approximate surface area is 218 Å². The minimum Gasteiger partial charge on any atom is -0.508 e. The van der Waals surface area contributed by atoms with Crippen LogP contribution in [0.4, 0.5) is 0 Å². The van der Waals surface area contributed by atoms with Crippen LogP contribution in [0.15, 0.2) is 24.3 Å². The summed E-state index contributed by atoms with van der Waals surface area (Å²) >= 11 is 0. The fourth-order valence-corrected chi connectivity index (χ4v) is 3.88. The van der Waals surface area contributed by atoms with Crippen molar-refractivity contribution in [2.24, 2.45) is 5.73 Å². The van der Waals surface area contributed by atoms with Gasteiger partial charge in [0.25, 0.3) is 0 Å². The zero-order valence-corrected chi connectivity index (χ0v) is 20.6. The number of aliphatic carboxylic acids is 2. The zero-order chi connectivity index (χ0) is 28.2. The molecule has 4 amide bonds. The van der Waals surface area contributed by atoms with E-state index in [1.165, 1.54) is 24.3 Å². The van der Waals surface area contributed by atoms with Crippen LogP contribution in [0.3, 0.4) is 0 Å². The number of aromatic hydroxyl groups is 1. The highest BCUT2D eigenvalue weighted by Gasteiger charge is 2.32. The summed E-state index contributed by atoms with van der Waals surface area (Å²) in [6.45, 7) is 0.624. The highest BCUT2D eigenvalue weighted by Crippen LogP contribution is 2.13. The van der Waals surface area contributed by atoms with Gasteiger partial charge in [-0.2, -0.15) is 0 Å². The number of nitrogens with one attached hydrogen (secondary N) is 4. The van der Waals surface area contributed by atoms with Gasteiger partial charge in [-0.15, -0.1) is 0 Å². The number of carboxylic acid groups (broad SMARTS) is 2. The van der Waals surface area contributed by atoms with Crippen LogP contribution in [0, 0.1) is 0 Å². The van der Waals surface area contributed by atoms with E-state index in [4.69, 9.17) is 10.8 Å². The number of carboxylic acids is 2. The minimum atomic E-state index is -1.47. The summed E-state index contributed by atoms with van der Waals surface area (Å²) in [7, 11) is 0. The van der Waals surface area contributed by atoms with E-state index in [1.807, 2.05) is 0 Å². The van der Waals surface area contributed by atoms with Crippen molar-refractivity contribution in [3.8, 4) is 5.75 Å². The maximum absolute atomic E-state index is 13.2. The van der Waals surface area contributed by atoms with Crippen LogP contribution in [0.1, 0.15) is 44.1 Å². The standard InChI is InChI=1S/C24H33N5O9/c25-19(31)9-7-17(24(37)38)28-23(36)18(12-13-3-5-14(30)6-4-13)29-22(35)16(8-10-20(32)33)27-21(34)15-2-1-11-26-15/h3-6,15-18,26,30H,1-2,7-12H2,(H2,25,31)(H,27,34)(H,28,36)(H,29,35)(H,32,33)(H,37,38). The van der Waals surface area contributed by atoms with Crippen molar-refractivity contribution in [3.05, 3.63) is 29.8 Å². The summed E-state index contributed by atoms with van der Waals surface area (Å²) in [6, 6.07) is 1.11. The molecule has 1 saturated heterocycles. The second-order valence-corrected chi connectivity index (χ2v) is 8.98. The van der Waals surface area contributed by atoms with Gasteiger partial charge in [-0.05, 0) is 49.9 Å². The van der Waals surface area contributed by atoms with Gasteiger partial charge in [-0.1, -0.05) is 12.1 Å². The Balaban J connectivity index is 2.23. The largest absolute Gasteiger partial charge is 0.508 e. The molecule has 0 saturated carbocycles. The SMILES string of the molecule is NC(=O)CCC(NC(=O)C(Cc1ccc(O)cc1)NC(=O)C(CCC(=O)O)NC(=O)C1CCCN1)C(=O)O. The Morgan fingerprint density at radius 3 is 2.05 bits per heavy atom. The van der Waals surface area contributed by atoms with Crippen molar-refractivity contribution < 1.29 is 44.1 Å². The number of nitrogens with two attached hydrogens (primary N) is 1. The van der Waals surface area contributed by atoms with E-state index in [0.717, 1.165) is 6.42 Å². The van der Waals surface area contributed by atoms with Gasteiger partial charge in [0.1, 0.15) is 23.9 Å². The first-order chi connectivity index (χ1) is 18.0. The molecule has 2 rings (SSSR count). The lowest BCUT2D eigenvalue weighted by Gasteiger charge is -2.25. The van der Waals surface area contributed by atoms with E-state index >= 15 is 0 Å². The molecule has 1 aliphatic heterocycles. The highest BCUT2D eigenvalue weighted by atomic mass is 16.4. The van der Waals surface area contributed by atoms with Crippen LogP contribution < -0.4 is 27.0 Å². The first kappa shape index (κ1) is 30.0. The second-order valence-electron chi connectivity index (χ2n) is 8.98. The smallest absolute Gasteiger partial charge is 0.326 e. The summed E-state index contributed by atoms with van der Waals surface area (Å²) < 4.78 is 0. The Hall–Kier alpha value is -4.20. The zero-order valence-electron chi connectivity index (χ0n) is 20.6. The number of benzene rings is 1. The van der Waals surface area contributed by atoms with E-state index in [-0.39, 0.29) is 31.4 Å². The van der Waals surface area contributed by atoms with Crippen LogP contribution in [-0.4, -0.2) is 81.6 Å². The second kappa shape index (κ2) is 14.5. The molecule has 1 aromatic carbocycles. The summed E-state index contributed by atoms with van der Waals surface area (Å²) in [5.41, 5.74) is 5.58. The summed E-state index contributed by atoms with van der Waals surface area (Å²) in [5.74, 6) is -5.59. The number of rotatable bonds is 15. The van der Waals surface area contributed by atoms with E-state index < -0.39 is 66.2 Å². The molecule has 4 unspecified atom stereocenters. The number of primary amides is 1. The number of hydrogen-bond donors (Lipinski definition) is 8. The normalized spacial score (nSPS) is 17.0. The lowest BCUT2D eigenvalue weighted by Crippen LogP contribution is -2.57. The van der Waals surface area contributed by atoms with Crippen molar-refractivity contribution in [1.82, 2.24) is 21.3 Å². The molecule has 14 heteroatoms. The van der Waals surface area contributed by atoms with E-state index in [9.17, 15) is 39.0 Å². The molecule has 0 aliphatic carbocycles. The third kappa shape index (κ3) is 10.0. The van der Waals surface area contributed by atoms with Crippen molar-refractivity contribution >= 4 is 35.6 Å². The van der Waals surface area contributed by atoms with Gasteiger partial charge >= 0.3 is 11.9 Å². The molecule has 0 bridgehead atoms. The van der Waals surface area contributed by atoms with E-state index in [1.54, 1.807) is 0 Å². The molecule has 0 aromatic heterocycles. The minimum absolute atomic E-state index is 0.0341. The molecule has 38 heavy (non-hydrogen) atoms. The molecule has 208 valence electrons. The number of amides is 4. The summed E-state index contributed by atoms with van der Waals surface area (Å²) in [4.78, 5) is 72.7. The molecular weight excluding hydrogens is 502 g/mol. The molecule has 4 atom stereocenters. The summed E-state index contributed by atoms with van der Waals surface area (Å²) in [5, 5.41) is 38.3. The summed E-state index contributed by atoms with van der Waals surface area (Å²) in [6.07, 6.45) is -0.0637. The fourth-order valence-electron chi connectivity index (χ4n) is 3.88. The molecule has 14 nitrogen and oxygen atoms in total. The number of carbonyl (C=O) groups is 6. The van der Waals surface area contributed by atoms with Crippen molar-refractivity contribution in [1.29, 1.82) is 0 Å². The van der Waals surface area contributed by atoms with Crippen LogP contribution in [-0.2, 0) is 35.2 Å². The molecule has 1 heterocycles. The maximum Gasteiger partial charge on any atom is 0.326 e. The first-order valence-corrected chi connectivity index (χ1v) is 12.1. The first-order valence-electron chi connectivity index (χ1n) is 12.1. The van der Waals surface area contributed by atoms with Crippen LogP contribution in [0.5, 0.6) is 5.75 Å². The van der Waals surface area contributed by atoms with Gasteiger partial charge in [0, 0.05) is 19.3 Å².